The zero-order valence-electron chi connectivity index (χ0n) is 15.5. The Kier molecular flexibility index (Phi) is 8.40. The van der Waals surface area contributed by atoms with Crippen LogP contribution in [0.25, 0.3) is 0 Å². The van der Waals surface area contributed by atoms with E-state index in [1.807, 2.05) is 24.9 Å². The average Bonchev–Trinajstić information content (AvgIpc) is 3.15. The number of hydrogen-bond donors (Lipinski definition) is 1. The summed E-state index contributed by atoms with van der Waals surface area (Å²) in [6, 6.07) is 0. The second-order valence-corrected chi connectivity index (χ2v) is 6.62. The fourth-order valence-electron chi connectivity index (χ4n) is 2.66. The second kappa shape index (κ2) is 9.79. The highest BCUT2D eigenvalue weighted by Gasteiger charge is 2.27. The molecule has 0 saturated carbocycles. The lowest BCUT2D eigenvalue weighted by Gasteiger charge is -2.22. The number of likely N-dealkylation sites (tertiary alicyclic amines) is 1. The number of amides is 1. The molecule has 1 aromatic rings. The fourth-order valence-corrected chi connectivity index (χ4v) is 2.66. The Hall–Kier alpha value is -1.58. The maximum absolute atomic E-state index is 11.8. The number of nitrogens with zero attached hydrogens (tertiary/aromatic N) is 5. The van der Waals surface area contributed by atoms with E-state index in [1.165, 1.54) is 5.56 Å². The van der Waals surface area contributed by atoms with E-state index < -0.39 is 0 Å². The first kappa shape index (κ1) is 21.5. The molecule has 1 saturated heterocycles. The number of carbonyl (C=O) groups excluding carboxylic acids is 1. The number of aryl methyl sites for hydroxylation is 1. The summed E-state index contributed by atoms with van der Waals surface area (Å²) in [5, 5.41) is 7.58. The molecule has 1 amide bonds. The number of guanidine groups is 1. The van der Waals surface area contributed by atoms with Gasteiger partial charge in [-0.3, -0.25) is 9.48 Å². The van der Waals surface area contributed by atoms with E-state index in [1.54, 1.807) is 19.0 Å². The molecule has 1 N–H and O–H groups in total. The largest absolute Gasteiger partial charge is 0.353 e. The van der Waals surface area contributed by atoms with Crippen LogP contribution in [0, 0.1) is 0 Å². The van der Waals surface area contributed by atoms with Gasteiger partial charge in [0.15, 0.2) is 5.96 Å². The SMILES string of the molecule is C=C(C)CNC(=NCC(=O)N(C)C)N1CCC(c2cnn(C)c2)C1.I. The number of rotatable bonds is 5. The van der Waals surface area contributed by atoms with Gasteiger partial charge in [0, 0.05) is 52.9 Å². The standard InChI is InChI=1S/C17H28N6O.HI/c1-13(2)8-18-17(19-10-16(24)21(3)4)23-7-6-14(12-23)15-9-20-22(5)11-15;/h9,11,14H,1,6-8,10,12H2,2-5H3,(H,18,19);1H. The highest BCUT2D eigenvalue weighted by molar-refractivity contribution is 14.0. The summed E-state index contributed by atoms with van der Waals surface area (Å²) < 4.78 is 1.84. The summed E-state index contributed by atoms with van der Waals surface area (Å²) in [4.78, 5) is 20.1. The van der Waals surface area contributed by atoms with Crippen molar-refractivity contribution in [1.82, 2.24) is 24.9 Å². The van der Waals surface area contributed by atoms with E-state index in [-0.39, 0.29) is 36.4 Å². The first-order chi connectivity index (χ1) is 11.4. The lowest BCUT2D eigenvalue weighted by molar-refractivity contribution is -0.127. The number of aromatic nitrogens is 2. The number of likely N-dealkylation sites (N-methyl/N-ethyl adjacent to an activating group) is 1. The molecule has 7 nitrogen and oxygen atoms in total. The third-order valence-electron chi connectivity index (χ3n) is 4.10. The van der Waals surface area contributed by atoms with Gasteiger partial charge in [-0.25, -0.2) is 4.99 Å². The number of halogens is 1. The quantitative estimate of drug-likeness (QED) is 0.313. The Morgan fingerprint density at radius 1 is 1.52 bits per heavy atom. The Labute approximate surface area is 167 Å². The summed E-state index contributed by atoms with van der Waals surface area (Å²) in [6.07, 6.45) is 5.06. The molecule has 25 heavy (non-hydrogen) atoms. The van der Waals surface area contributed by atoms with Crippen molar-refractivity contribution in [3.63, 3.8) is 0 Å². The zero-order valence-corrected chi connectivity index (χ0v) is 17.9. The minimum atomic E-state index is -0.00682. The predicted octanol–water partition coefficient (Wildman–Crippen LogP) is 1.44. The van der Waals surface area contributed by atoms with Gasteiger partial charge >= 0.3 is 0 Å². The Morgan fingerprint density at radius 2 is 2.24 bits per heavy atom. The van der Waals surface area contributed by atoms with Gasteiger partial charge < -0.3 is 15.1 Å². The van der Waals surface area contributed by atoms with Crippen LogP contribution in [0.4, 0.5) is 0 Å². The van der Waals surface area contributed by atoms with Gasteiger partial charge in [-0.05, 0) is 18.9 Å². The van der Waals surface area contributed by atoms with Crippen LogP contribution in [0.5, 0.6) is 0 Å². The molecule has 0 spiro atoms. The average molecular weight is 460 g/mol. The van der Waals surface area contributed by atoms with Crippen molar-refractivity contribution in [2.24, 2.45) is 12.0 Å². The van der Waals surface area contributed by atoms with E-state index in [2.05, 4.69) is 33.1 Å². The van der Waals surface area contributed by atoms with Gasteiger partial charge in [-0.2, -0.15) is 5.10 Å². The topological polar surface area (TPSA) is 65.8 Å². The van der Waals surface area contributed by atoms with Crippen LogP contribution in [0.1, 0.15) is 24.8 Å². The number of hydrogen-bond acceptors (Lipinski definition) is 3. The molecule has 0 bridgehead atoms. The molecule has 1 aromatic heterocycles. The second-order valence-electron chi connectivity index (χ2n) is 6.62. The van der Waals surface area contributed by atoms with Crippen molar-refractivity contribution in [3.05, 3.63) is 30.1 Å². The van der Waals surface area contributed by atoms with Crippen LogP contribution in [0.3, 0.4) is 0 Å². The normalized spacial score (nSPS) is 17.2. The molecule has 2 rings (SSSR count). The highest BCUT2D eigenvalue weighted by Crippen LogP contribution is 2.26. The minimum absolute atomic E-state index is 0. The predicted molar refractivity (Wildman–Crippen MR) is 111 cm³/mol. The monoisotopic (exact) mass is 460 g/mol. The fraction of sp³-hybridized carbons (Fsp3) is 0.588. The molecule has 0 aromatic carbocycles. The lowest BCUT2D eigenvalue weighted by atomic mass is 10.0. The van der Waals surface area contributed by atoms with Gasteiger partial charge in [0.1, 0.15) is 6.54 Å². The molecule has 0 radical (unpaired) electrons. The number of carbonyl (C=O) groups is 1. The van der Waals surface area contributed by atoms with Crippen molar-refractivity contribution in [2.75, 3.05) is 40.3 Å². The van der Waals surface area contributed by atoms with Crippen LogP contribution in [0.2, 0.25) is 0 Å². The third-order valence-corrected chi connectivity index (χ3v) is 4.10. The van der Waals surface area contributed by atoms with Crippen molar-refractivity contribution in [2.45, 2.75) is 19.3 Å². The summed E-state index contributed by atoms with van der Waals surface area (Å²) >= 11 is 0. The Morgan fingerprint density at radius 3 is 2.80 bits per heavy atom. The molecule has 1 atom stereocenters. The molecule has 1 aliphatic rings. The van der Waals surface area contributed by atoms with Crippen LogP contribution in [0.15, 0.2) is 29.5 Å². The van der Waals surface area contributed by atoms with E-state index >= 15 is 0 Å². The van der Waals surface area contributed by atoms with Crippen LogP contribution < -0.4 is 5.32 Å². The lowest BCUT2D eigenvalue weighted by Crippen LogP contribution is -2.41. The first-order valence-corrected chi connectivity index (χ1v) is 8.23. The molecule has 2 heterocycles. The molecule has 1 fully saturated rings. The molecule has 140 valence electrons. The molecular formula is C17H29IN6O. The first-order valence-electron chi connectivity index (χ1n) is 8.23. The maximum Gasteiger partial charge on any atom is 0.243 e. The minimum Gasteiger partial charge on any atom is -0.353 e. The van der Waals surface area contributed by atoms with E-state index in [0.717, 1.165) is 31.0 Å². The zero-order chi connectivity index (χ0) is 17.7. The maximum atomic E-state index is 11.8. The Balaban J connectivity index is 0.00000312. The molecule has 1 unspecified atom stereocenters. The van der Waals surface area contributed by atoms with Gasteiger partial charge in [0.05, 0.1) is 6.20 Å². The van der Waals surface area contributed by atoms with Crippen molar-refractivity contribution in [1.29, 1.82) is 0 Å². The van der Waals surface area contributed by atoms with E-state index in [0.29, 0.717) is 12.5 Å². The number of nitrogens with one attached hydrogen (secondary N) is 1. The summed E-state index contributed by atoms with van der Waals surface area (Å²) in [5.74, 6) is 1.22. The summed E-state index contributed by atoms with van der Waals surface area (Å²) in [7, 11) is 5.42. The molecule has 1 aliphatic heterocycles. The van der Waals surface area contributed by atoms with Crippen molar-refractivity contribution < 1.29 is 4.79 Å². The van der Waals surface area contributed by atoms with Crippen molar-refractivity contribution >= 4 is 35.8 Å². The highest BCUT2D eigenvalue weighted by atomic mass is 127. The van der Waals surface area contributed by atoms with Gasteiger partial charge in [-0.15, -0.1) is 24.0 Å². The Bertz CT molecular complexity index is 624. The smallest absolute Gasteiger partial charge is 0.243 e. The van der Waals surface area contributed by atoms with E-state index in [9.17, 15) is 4.79 Å². The third kappa shape index (κ3) is 6.33. The van der Waals surface area contributed by atoms with Gasteiger partial charge in [0.25, 0.3) is 0 Å². The summed E-state index contributed by atoms with van der Waals surface area (Å²) in [5.41, 5.74) is 2.29. The molecule has 8 heteroatoms. The van der Waals surface area contributed by atoms with Crippen LogP contribution in [-0.4, -0.2) is 71.7 Å². The number of aliphatic imine (C=N–C) groups is 1. The summed E-state index contributed by atoms with van der Waals surface area (Å²) in [6.45, 7) is 8.49. The molecule has 0 aliphatic carbocycles. The van der Waals surface area contributed by atoms with Gasteiger partial charge in [-0.1, -0.05) is 12.2 Å². The molecular weight excluding hydrogens is 431 g/mol. The van der Waals surface area contributed by atoms with E-state index in [4.69, 9.17) is 0 Å². The van der Waals surface area contributed by atoms with Crippen LogP contribution >= 0.6 is 24.0 Å². The van der Waals surface area contributed by atoms with Crippen molar-refractivity contribution in [3.8, 4) is 0 Å². The van der Waals surface area contributed by atoms with Gasteiger partial charge in [0.2, 0.25) is 5.91 Å². The van der Waals surface area contributed by atoms with Crippen LogP contribution in [-0.2, 0) is 11.8 Å².